The second-order valence-corrected chi connectivity index (χ2v) is 8.58. The minimum Gasteiger partial charge on any atom is -0.274 e. The molecule has 0 aliphatic carbocycles. The number of hydrogen-bond donors (Lipinski definition) is 0. The van der Waals surface area contributed by atoms with E-state index in [1.54, 1.807) is 19.1 Å². The number of alkyl halides is 3. The van der Waals surface area contributed by atoms with E-state index in [9.17, 15) is 26.4 Å². The maximum atomic E-state index is 12.7. The van der Waals surface area contributed by atoms with E-state index in [2.05, 4.69) is 0 Å². The molecule has 4 nitrogen and oxygen atoms in total. The van der Waals surface area contributed by atoms with Crippen molar-refractivity contribution in [1.82, 2.24) is 4.31 Å². The molecule has 2 aromatic rings. The van der Waals surface area contributed by atoms with Crippen LogP contribution in [0.4, 0.5) is 13.2 Å². The van der Waals surface area contributed by atoms with Crippen LogP contribution in [0.1, 0.15) is 42.4 Å². The van der Waals surface area contributed by atoms with Crippen molar-refractivity contribution in [2.24, 2.45) is 0 Å². The van der Waals surface area contributed by atoms with Crippen molar-refractivity contribution in [1.29, 1.82) is 0 Å². The first-order chi connectivity index (χ1) is 13.0. The molecule has 0 unspecified atom stereocenters. The summed E-state index contributed by atoms with van der Waals surface area (Å²) < 4.78 is 64.1. The minimum absolute atomic E-state index is 0.0107. The topological polar surface area (TPSA) is 54.5 Å². The van der Waals surface area contributed by atoms with E-state index in [1.807, 2.05) is 6.92 Å². The molecule has 0 heterocycles. The summed E-state index contributed by atoms with van der Waals surface area (Å²) in [5.74, 6) is -1.00. The number of aryl methyl sites for hydroxylation is 1. The molecule has 0 saturated heterocycles. The van der Waals surface area contributed by atoms with Gasteiger partial charge < -0.3 is 0 Å². The van der Waals surface area contributed by atoms with Gasteiger partial charge in [0.15, 0.2) is 0 Å². The number of amides is 1. The third-order valence-electron chi connectivity index (χ3n) is 4.65. The number of hydrogen-bond acceptors (Lipinski definition) is 3. The molecule has 0 saturated carbocycles. The Kier molecular flexibility index (Phi) is 6.54. The number of benzene rings is 2. The lowest BCUT2D eigenvalue weighted by atomic mass is 9.92. The number of nitrogens with zero attached hydrogens (tertiary/aromatic N) is 1. The summed E-state index contributed by atoms with van der Waals surface area (Å²) >= 11 is 0. The average Bonchev–Trinajstić information content (AvgIpc) is 2.65. The lowest BCUT2D eigenvalue weighted by Crippen LogP contribution is -2.34. The van der Waals surface area contributed by atoms with Crippen LogP contribution in [-0.2, 0) is 21.0 Å². The highest BCUT2D eigenvalue weighted by atomic mass is 32.2. The molecule has 8 heteroatoms. The van der Waals surface area contributed by atoms with Crippen LogP contribution in [-0.4, -0.2) is 25.7 Å². The molecule has 0 aliphatic rings. The van der Waals surface area contributed by atoms with E-state index < -0.39 is 27.7 Å². The highest BCUT2D eigenvalue weighted by Gasteiger charge is 2.31. The maximum absolute atomic E-state index is 12.7. The molecule has 0 bridgehead atoms. The Morgan fingerprint density at radius 3 is 2.04 bits per heavy atom. The molecular weight excluding hydrogens is 391 g/mol. The summed E-state index contributed by atoms with van der Waals surface area (Å²) in [6.07, 6.45) is -4.07. The van der Waals surface area contributed by atoms with E-state index >= 15 is 0 Å². The zero-order chi connectivity index (χ0) is 21.1. The fourth-order valence-corrected chi connectivity index (χ4v) is 3.92. The molecule has 0 spiro atoms. The smallest absolute Gasteiger partial charge is 0.274 e. The summed E-state index contributed by atoms with van der Waals surface area (Å²) in [5, 5.41) is 0. The lowest BCUT2D eigenvalue weighted by Gasteiger charge is -2.21. The van der Waals surface area contributed by atoms with Gasteiger partial charge in [0, 0.05) is 13.5 Å². The van der Waals surface area contributed by atoms with Crippen LogP contribution < -0.4 is 0 Å². The van der Waals surface area contributed by atoms with Gasteiger partial charge in [-0.15, -0.1) is 0 Å². The van der Waals surface area contributed by atoms with Crippen molar-refractivity contribution in [2.75, 3.05) is 7.05 Å². The zero-order valence-electron chi connectivity index (χ0n) is 15.8. The van der Waals surface area contributed by atoms with Gasteiger partial charge in [0.2, 0.25) is 5.91 Å². The Hall–Kier alpha value is -2.35. The molecule has 0 fully saturated rings. The summed E-state index contributed by atoms with van der Waals surface area (Å²) in [5.41, 5.74) is 0.683. The van der Waals surface area contributed by atoms with Gasteiger partial charge >= 0.3 is 6.18 Å². The van der Waals surface area contributed by atoms with E-state index in [0.717, 1.165) is 17.7 Å². The first-order valence-electron chi connectivity index (χ1n) is 8.72. The van der Waals surface area contributed by atoms with Crippen LogP contribution in [0, 0.1) is 6.92 Å². The van der Waals surface area contributed by atoms with Crippen molar-refractivity contribution in [3.05, 3.63) is 65.2 Å². The number of halogens is 3. The summed E-state index contributed by atoms with van der Waals surface area (Å²) in [6.45, 7) is 3.62. The third-order valence-corrected chi connectivity index (χ3v) is 6.45. The Labute approximate surface area is 163 Å². The standard InChI is InChI=1S/C20H22F3NO3S/c1-4-15(16-7-9-17(10-8-16)20(21,22)23)13-19(25)24(3)28(26,27)18-11-5-14(2)6-12-18/h5-12,15H,4,13H2,1-3H3/t15-/m0/s1. The van der Waals surface area contributed by atoms with E-state index in [1.165, 1.54) is 31.3 Å². The number of rotatable bonds is 6. The third kappa shape index (κ3) is 4.92. The largest absolute Gasteiger partial charge is 0.416 e. The molecular formula is C20H22F3NO3S. The van der Waals surface area contributed by atoms with Gasteiger partial charge in [-0.1, -0.05) is 36.8 Å². The Balaban J connectivity index is 2.18. The molecule has 28 heavy (non-hydrogen) atoms. The van der Waals surface area contributed by atoms with Crippen LogP contribution in [0.15, 0.2) is 53.4 Å². The van der Waals surface area contributed by atoms with Gasteiger partial charge in [-0.05, 0) is 49.1 Å². The van der Waals surface area contributed by atoms with Crippen molar-refractivity contribution in [2.45, 2.75) is 43.7 Å². The predicted octanol–water partition coefficient (Wildman–Crippen LogP) is 4.74. The number of carbonyl (C=O) groups excluding carboxylic acids is 1. The van der Waals surface area contributed by atoms with Crippen LogP contribution in [0.25, 0.3) is 0 Å². The molecule has 0 N–H and O–H groups in total. The van der Waals surface area contributed by atoms with Gasteiger partial charge in [-0.2, -0.15) is 13.2 Å². The second-order valence-electron chi connectivity index (χ2n) is 6.61. The predicted molar refractivity (Wildman–Crippen MR) is 100 cm³/mol. The molecule has 0 aromatic heterocycles. The number of sulfonamides is 1. The zero-order valence-corrected chi connectivity index (χ0v) is 16.6. The molecule has 2 rings (SSSR count). The maximum Gasteiger partial charge on any atom is 0.416 e. The fraction of sp³-hybridized carbons (Fsp3) is 0.350. The monoisotopic (exact) mass is 413 g/mol. The Morgan fingerprint density at radius 1 is 1.04 bits per heavy atom. The van der Waals surface area contributed by atoms with Crippen LogP contribution in [0.2, 0.25) is 0 Å². The quantitative estimate of drug-likeness (QED) is 0.687. The van der Waals surface area contributed by atoms with E-state index in [4.69, 9.17) is 0 Å². The normalized spacial score (nSPS) is 13.2. The van der Waals surface area contributed by atoms with Crippen molar-refractivity contribution in [3.63, 3.8) is 0 Å². The molecule has 1 atom stereocenters. The van der Waals surface area contributed by atoms with Gasteiger partial charge in [0.1, 0.15) is 0 Å². The van der Waals surface area contributed by atoms with E-state index in [-0.39, 0.29) is 17.2 Å². The highest BCUT2D eigenvalue weighted by molar-refractivity contribution is 7.89. The fourth-order valence-electron chi connectivity index (χ4n) is 2.78. The van der Waals surface area contributed by atoms with Gasteiger partial charge in [-0.3, -0.25) is 4.79 Å². The second kappa shape index (κ2) is 8.34. The summed E-state index contributed by atoms with van der Waals surface area (Å²) in [4.78, 5) is 12.6. The van der Waals surface area contributed by atoms with Crippen molar-refractivity contribution < 1.29 is 26.4 Å². The Morgan fingerprint density at radius 2 is 1.57 bits per heavy atom. The highest BCUT2D eigenvalue weighted by Crippen LogP contribution is 2.32. The molecule has 1 amide bonds. The first kappa shape index (κ1) is 21.9. The van der Waals surface area contributed by atoms with Gasteiger partial charge in [0.05, 0.1) is 10.5 Å². The molecule has 2 aromatic carbocycles. The van der Waals surface area contributed by atoms with Crippen LogP contribution in [0.3, 0.4) is 0 Å². The minimum atomic E-state index is -4.43. The van der Waals surface area contributed by atoms with E-state index in [0.29, 0.717) is 16.3 Å². The summed E-state index contributed by atoms with van der Waals surface area (Å²) in [6, 6.07) is 10.7. The average molecular weight is 413 g/mol. The van der Waals surface area contributed by atoms with Crippen molar-refractivity contribution >= 4 is 15.9 Å². The summed E-state index contributed by atoms with van der Waals surface area (Å²) in [7, 11) is -2.79. The first-order valence-corrected chi connectivity index (χ1v) is 10.2. The SMILES string of the molecule is CC[C@@H](CC(=O)N(C)S(=O)(=O)c1ccc(C)cc1)c1ccc(C(F)(F)F)cc1. The van der Waals surface area contributed by atoms with Crippen LogP contribution in [0.5, 0.6) is 0 Å². The van der Waals surface area contributed by atoms with Gasteiger partial charge in [0.25, 0.3) is 10.0 Å². The lowest BCUT2D eigenvalue weighted by molar-refractivity contribution is -0.137. The van der Waals surface area contributed by atoms with Crippen LogP contribution >= 0.6 is 0 Å². The number of carbonyl (C=O) groups is 1. The Bertz CT molecular complexity index is 921. The molecule has 0 aliphatic heterocycles. The van der Waals surface area contributed by atoms with Crippen molar-refractivity contribution in [3.8, 4) is 0 Å². The molecule has 152 valence electrons. The molecule has 0 radical (unpaired) electrons. The van der Waals surface area contributed by atoms with Gasteiger partial charge in [-0.25, -0.2) is 12.7 Å².